The largest absolute Gasteiger partial charge is 0.482 e. The average molecular weight is 415 g/mol. The number of hydrogen-bond donors (Lipinski definition) is 2. The summed E-state index contributed by atoms with van der Waals surface area (Å²) in [6, 6.07) is 12.5. The van der Waals surface area contributed by atoms with Gasteiger partial charge in [0.2, 0.25) is 11.8 Å². The summed E-state index contributed by atoms with van der Waals surface area (Å²) in [7, 11) is 0. The molecule has 2 amide bonds. The summed E-state index contributed by atoms with van der Waals surface area (Å²) in [6.45, 7) is 1.83. The highest BCUT2D eigenvalue weighted by Crippen LogP contribution is 2.13. The third-order valence-corrected chi connectivity index (χ3v) is 3.67. The first-order chi connectivity index (χ1) is 14.5. The van der Waals surface area contributed by atoms with E-state index in [1.165, 1.54) is 24.4 Å². The van der Waals surface area contributed by atoms with E-state index in [4.69, 9.17) is 9.47 Å². The number of halogens is 1. The molecule has 0 aromatic heterocycles. The Morgan fingerprint density at radius 2 is 1.73 bits per heavy atom. The van der Waals surface area contributed by atoms with E-state index in [0.29, 0.717) is 17.9 Å². The molecule has 0 heterocycles. The van der Waals surface area contributed by atoms with E-state index in [1.54, 1.807) is 37.3 Å². The van der Waals surface area contributed by atoms with E-state index in [0.717, 1.165) is 0 Å². The first kappa shape index (κ1) is 22.5. The normalized spacial score (nSPS) is 10.5. The van der Waals surface area contributed by atoms with Crippen LogP contribution in [0.5, 0.6) is 5.75 Å². The Hall–Kier alpha value is -3.75. The zero-order valence-corrected chi connectivity index (χ0v) is 16.4. The lowest BCUT2D eigenvalue weighted by Crippen LogP contribution is -2.20. The Labute approximate surface area is 173 Å². The molecule has 0 saturated carbocycles. The third-order valence-electron chi connectivity index (χ3n) is 3.67. The first-order valence-corrected chi connectivity index (χ1v) is 9.22. The van der Waals surface area contributed by atoms with Gasteiger partial charge in [-0.2, -0.15) is 5.10 Å². The van der Waals surface area contributed by atoms with Crippen LogP contribution in [0, 0.1) is 5.82 Å². The summed E-state index contributed by atoms with van der Waals surface area (Å²) in [5.74, 6) is -1.43. The number of nitrogens with zero attached hydrogens (tertiary/aromatic N) is 1. The molecule has 0 aliphatic rings. The van der Waals surface area contributed by atoms with Gasteiger partial charge in [0.1, 0.15) is 11.6 Å². The maximum absolute atomic E-state index is 13.5. The van der Waals surface area contributed by atoms with Crippen molar-refractivity contribution in [3.63, 3.8) is 0 Å². The van der Waals surface area contributed by atoms with Crippen molar-refractivity contribution < 1.29 is 28.2 Å². The van der Waals surface area contributed by atoms with Crippen LogP contribution < -0.4 is 15.5 Å². The number of benzene rings is 2. The molecule has 2 rings (SSSR count). The number of anilines is 1. The van der Waals surface area contributed by atoms with Crippen LogP contribution in [0.2, 0.25) is 0 Å². The van der Waals surface area contributed by atoms with Crippen molar-refractivity contribution in [3.05, 3.63) is 59.9 Å². The molecule has 0 radical (unpaired) electrons. The monoisotopic (exact) mass is 415 g/mol. The average Bonchev–Trinajstić information content (AvgIpc) is 2.73. The van der Waals surface area contributed by atoms with Crippen molar-refractivity contribution in [3.8, 4) is 5.75 Å². The van der Waals surface area contributed by atoms with Gasteiger partial charge < -0.3 is 14.8 Å². The van der Waals surface area contributed by atoms with Crippen LogP contribution in [0.15, 0.2) is 53.6 Å². The van der Waals surface area contributed by atoms with Gasteiger partial charge in [-0.15, -0.1) is 0 Å². The van der Waals surface area contributed by atoms with Crippen molar-refractivity contribution in [2.24, 2.45) is 5.10 Å². The van der Waals surface area contributed by atoms with Gasteiger partial charge in [-0.05, 0) is 48.9 Å². The molecular formula is C21H22FN3O5. The Morgan fingerprint density at radius 1 is 1.03 bits per heavy atom. The van der Waals surface area contributed by atoms with E-state index in [-0.39, 0.29) is 25.1 Å². The Morgan fingerprint density at radius 3 is 2.43 bits per heavy atom. The third kappa shape index (κ3) is 8.09. The molecule has 9 heteroatoms. The van der Waals surface area contributed by atoms with Gasteiger partial charge in [-0.1, -0.05) is 12.1 Å². The van der Waals surface area contributed by atoms with E-state index < -0.39 is 23.6 Å². The lowest BCUT2D eigenvalue weighted by Gasteiger charge is -2.06. The molecule has 2 aromatic carbocycles. The minimum absolute atomic E-state index is 0.0654. The summed E-state index contributed by atoms with van der Waals surface area (Å²) in [5.41, 5.74) is 3.07. The number of para-hydroxylation sites is 1. The predicted molar refractivity (Wildman–Crippen MR) is 109 cm³/mol. The molecule has 2 N–H and O–H groups in total. The van der Waals surface area contributed by atoms with Gasteiger partial charge in [0.15, 0.2) is 6.61 Å². The van der Waals surface area contributed by atoms with Crippen molar-refractivity contribution in [1.29, 1.82) is 0 Å². The number of carbonyl (C=O) groups excluding carboxylic acids is 3. The molecule has 8 nitrogen and oxygen atoms in total. The molecule has 0 aliphatic carbocycles. The van der Waals surface area contributed by atoms with Crippen molar-refractivity contribution in [1.82, 2.24) is 5.43 Å². The quantitative estimate of drug-likeness (QED) is 0.353. The highest BCUT2D eigenvalue weighted by atomic mass is 19.1. The van der Waals surface area contributed by atoms with Crippen LogP contribution in [0.4, 0.5) is 10.1 Å². The van der Waals surface area contributed by atoms with Gasteiger partial charge in [0.25, 0.3) is 0 Å². The van der Waals surface area contributed by atoms with Gasteiger partial charge in [-0.3, -0.25) is 9.59 Å². The summed E-state index contributed by atoms with van der Waals surface area (Å²) < 4.78 is 23.5. The van der Waals surface area contributed by atoms with E-state index in [2.05, 4.69) is 15.8 Å². The number of nitrogens with one attached hydrogen (secondary N) is 2. The first-order valence-electron chi connectivity index (χ1n) is 9.22. The van der Waals surface area contributed by atoms with Crippen LogP contribution in [0.1, 0.15) is 25.3 Å². The summed E-state index contributed by atoms with van der Waals surface area (Å²) in [6.07, 6.45) is 1.22. The van der Waals surface area contributed by atoms with Crippen LogP contribution >= 0.6 is 0 Å². The topological polar surface area (TPSA) is 106 Å². The van der Waals surface area contributed by atoms with Crippen molar-refractivity contribution in [2.45, 2.75) is 19.8 Å². The highest BCUT2D eigenvalue weighted by Gasteiger charge is 2.09. The van der Waals surface area contributed by atoms with Crippen LogP contribution in [0.25, 0.3) is 0 Å². The number of hydrazone groups is 1. The van der Waals surface area contributed by atoms with Crippen LogP contribution in [0.3, 0.4) is 0 Å². The van der Waals surface area contributed by atoms with E-state index in [1.807, 2.05) is 0 Å². The number of rotatable bonds is 10. The molecule has 0 fully saturated rings. The number of ether oxygens (including phenoxy) is 2. The fourth-order valence-corrected chi connectivity index (χ4v) is 2.23. The van der Waals surface area contributed by atoms with E-state index in [9.17, 15) is 18.8 Å². The minimum atomic E-state index is -0.544. The van der Waals surface area contributed by atoms with Crippen molar-refractivity contribution in [2.75, 3.05) is 18.5 Å². The fourth-order valence-electron chi connectivity index (χ4n) is 2.23. The maximum atomic E-state index is 13.5. The number of esters is 1. The van der Waals surface area contributed by atoms with Crippen LogP contribution in [-0.2, 0) is 19.1 Å². The Bertz CT molecular complexity index is 900. The summed E-state index contributed by atoms with van der Waals surface area (Å²) in [4.78, 5) is 34.8. The van der Waals surface area contributed by atoms with Gasteiger partial charge in [0.05, 0.1) is 18.5 Å². The highest BCUT2D eigenvalue weighted by molar-refractivity contribution is 5.93. The van der Waals surface area contributed by atoms with Crippen LogP contribution in [-0.4, -0.2) is 37.2 Å². The lowest BCUT2D eigenvalue weighted by molar-refractivity contribution is -0.145. The maximum Gasteiger partial charge on any atom is 0.344 e. The number of hydrogen-bond acceptors (Lipinski definition) is 6. The standard InChI is InChI=1S/C21H22FN3O5/c1-2-29-21(28)14-30-16-9-7-15(8-10-16)13-23-25-20(27)12-11-19(26)24-18-6-4-3-5-17(18)22/h3-10,13H,2,11-12,14H2,1H3,(H,24,26)(H,25,27). The zero-order chi connectivity index (χ0) is 21.8. The molecule has 30 heavy (non-hydrogen) atoms. The number of amides is 2. The molecule has 0 aliphatic heterocycles. The second-order valence-electron chi connectivity index (χ2n) is 5.98. The molecule has 0 bridgehead atoms. The SMILES string of the molecule is CCOC(=O)COc1ccc(C=NNC(=O)CCC(=O)Nc2ccccc2F)cc1. The molecule has 2 aromatic rings. The molecule has 0 unspecified atom stereocenters. The van der Waals surface area contributed by atoms with Crippen molar-refractivity contribution >= 4 is 29.7 Å². The summed E-state index contributed by atoms with van der Waals surface area (Å²) in [5, 5.41) is 6.22. The minimum Gasteiger partial charge on any atom is -0.482 e. The Balaban J connectivity index is 1.70. The number of carbonyl (C=O) groups is 3. The van der Waals surface area contributed by atoms with E-state index >= 15 is 0 Å². The van der Waals surface area contributed by atoms with Gasteiger partial charge >= 0.3 is 5.97 Å². The van der Waals surface area contributed by atoms with Gasteiger partial charge in [0, 0.05) is 12.8 Å². The van der Waals surface area contributed by atoms with Gasteiger partial charge in [-0.25, -0.2) is 14.6 Å². The second-order valence-corrected chi connectivity index (χ2v) is 5.98. The zero-order valence-electron chi connectivity index (χ0n) is 16.4. The smallest absolute Gasteiger partial charge is 0.344 e. The second kappa shape index (κ2) is 11.9. The molecular weight excluding hydrogens is 393 g/mol. The molecule has 0 atom stereocenters. The molecule has 158 valence electrons. The lowest BCUT2D eigenvalue weighted by atomic mass is 10.2. The summed E-state index contributed by atoms with van der Waals surface area (Å²) >= 11 is 0. The Kier molecular flexibility index (Phi) is 8.98. The fraction of sp³-hybridized carbons (Fsp3) is 0.238. The molecule has 0 saturated heterocycles. The predicted octanol–water partition coefficient (Wildman–Crippen LogP) is 2.64. The molecule has 0 spiro atoms.